The van der Waals surface area contributed by atoms with E-state index in [1.165, 1.54) is 28.2 Å². The monoisotopic (exact) mass is 193 g/mol. The molecular formula is C10H11NOS. The molecule has 3 heteroatoms. The predicted octanol–water partition coefficient (Wildman–Crippen LogP) is 2.20. The lowest BCUT2D eigenvalue weighted by Gasteiger charge is -1.92. The third-order valence-corrected chi connectivity index (χ3v) is 3.38. The topological polar surface area (TPSA) is 43.1 Å². The Balaban J connectivity index is 2.42. The largest absolute Gasteiger partial charge is 0.365 e. The van der Waals surface area contributed by atoms with E-state index in [1.807, 2.05) is 6.07 Å². The van der Waals surface area contributed by atoms with Crippen LogP contribution >= 0.6 is 11.3 Å². The fourth-order valence-electron chi connectivity index (χ4n) is 1.49. The van der Waals surface area contributed by atoms with E-state index >= 15 is 0 Å². The van der Waals surface area contributed by atoms with Crippen molar-refractivity contribution in [2.24, 2.45) is 5.73 Å². The molecule has 0 bridgehead atoms. The number of allylic oxidation sites excluding steroid dienone is 1. The summed E-state index contributed by atoms with van der Waals surface area (Å²) in [5, 5.41) is 0. The predicted molar refractivity (Wildman–Crippen MR) is 54.8 cm³/mol. The van der Waals surface area contributed by atoms with E-state index in [2.05, 4.69) is 12.2 Å². The fourth-order valence-corrected chi connectivity index (χ4v) is 2.53. The van der Waals surface area contributed by atoms with Crippen LogP contribution in [0.4, 0.5) is 0 Å². The molecule has 2 rings (SSSR count). The minimum Gasteiger partial charge on any atom is -0.365 e. The van der Waals surface area contributed by atoms with Crippen LogP contribution in [0.1, 0.15) is 33.0 Å². The molecule has 1 aliphatic carbocycles. The van der Waals surface area contributed by atoms with Gasteiger partial charge >= 0.3 is 0 Å². The summed E-state index contributed by atoms with van der Waals surface area (Å²) in [6.45, 7) is 0. The van der Waals surface area contributed by atoms with Crippen LogP contribution in [0.2, 0.25) is 0 Å². The SMILES string of the molecule is NC(=O)c1cc2c(s1)CCCC=C2. The third kappa shape index (κ3) is 1.65. The summed E-state index contributed by atoms with van der Waals surface area (Å²) in [7, 11) is 0. The molecule has 0 spiro atoms. The van der Waals surface area contributed by atoms with Gasteiger partial charge in [-0.3, -0.25) is 4.79 Å². The van der Waals surface area contributed by atoms with E-state index in [9.17, 15) is 4.79 Å². The molecule has 68 valence electrons. The molecule has 1 aromatic rings. The Bertz CT molecular complexity index is 365. The van der Waals surface area contributed by atoms with Gasteiger partial charge in [-0.1, -0.05) is 12.2 Å². The van der Waals surface area contributed by atoms with Crippen molar-refractivity contribution in [2.75, 3.05) is 0 Å². The first-order valence-electron chi connectivity index (χ1n) is 4.36. The van der Waals surface area contributed by atoms with Gasteiger partial charge in [0.25, 0.3) is 5.91 Å². The number of fused-ring (bicyclic) bond motifs is 1. The number of nitrogens with two attached hydrogens (primary N) is 1. The van der Waals surface area contributed by atoms with Crippen LogP contribution in [-0.2, 0) is 6.42 Å². The van der Waals surface area contributed by atoms with Crippen molar-refractivity contribution in [2.45, 2.75) is 19.3 Å². The molecule has 0 atom stereocenters. The summed E-state index contributed by atoms with van der Waals surface area (Å²) in [4.78, 5) is 12.9. The first kappa shape index (κ1) is 8.51. The number of primary amides is 1. The number of hydrogen-bond donors (Lipinski definition) is 1. The second-order valence-corrected chi connectivity index (χ2v) is 4.28. The number of aryl methyl sites for hydroxylation is 1. The van der Waals surface area contributed by atoms with E-state index in [0.29, 0.717) is 4.88 Å². The average Bonchev–Trinajstić information content (AvgIpc) is 2.38. The van der Waals surface area contributed by atoms with Crippen LogP contribution in [-0.4, -0.2) is 5.91 Å². The summed E-state index contributed by atoms with van der Waals surface area (Å²) < 4.78 is 0. The number of hydrogen-bond acceptors (Lipinski definition) is 2. The first-order chi connectivity index (χ1) is 6.27. The van der Waals surface area contributed by atoms with Crippen LogP contribution < -0.4 is 5.73 Å². The maximum Gasteiger partial charge on any atom is 0.258 e. The molecule has 0 saturated heterocycles. The lowest BCUT2D eigenvalue weighted by Crippen LogP contribution is -2.08. The Morgan fingerprint density at radius 1 is 1.54 bits per heavy atom. The van der Waals surface area contributed by atoms with Crippen LogP contribution in [0, 0.1) is 0 Å². The molecule has 13 heavy (non-hydrogen) atoms. The molecule has 1 aliphatic rings. The molecule has 0 aliphatic heterocycles. The maximum atomic E-state index is 10.9. The smallest absolute Gasteiger partial charge is 0.258 e. The van der Waals surface area contributed by atoms with Gasteiger partial charge in [0.15, 0.2) is 0 Å². The zero-order chi connectivity index (χ0) is 9.26. The zero-order valence-electron chi connectivity index (χ0n) is 7.25. The highest BCUT2D eigenvalue weighted by molar-refractivity contribution is 7.14. The third-order valence-electron chi connectivity index (χ3n) is 2.16. The molecule has 0 fully saturated rings. The van der Waals surface area contributed by atoms with Gasteiger partial charge in [0.1, 0.15) is 0 Å². The summed E-state index contributed by atoms with van der Waals surface area (Å²) in [5.41, 5.74) is 6.39. The van der Waals surface area contributed by atoms with E-state index in [4.69, 9.17) is 5.73 Å². The highest BCUT2D eigenvalue weighted by Gasteiger charge is 2.11. The summed E-state index contributed by atoms with van der Waals surface area (Å²) in [5.74, 6) is -0.313. The van der Waals surface area contributed by atoms with Crippen molar-refractivity contribution >= 4 is 23.3 Å². The van der Waals surface area contributed by atoms with Crippen molar-refractivity contribution in [1.29, 1.82) is 0 Å². The van der Waals surface area contributed by atoms with Crippen LogP contribution in [0.15, 0.2) is 12.1 Å². The Hall–Kier alpha value is -1.09. The van der Waals surface area contributed by atoms with Gasteiger partial charge in [0.05, 0.1) is 4.88 Å². The zero-order valence-corrected chi connectivity index (χ0v) is 8.06. The lowest BCUT2D eigenvalue weighted by atomic mass is 10.2. The van der Waals surface area contributed by atoms with Gasteiger partial charge in [-0.15, -0.1) is 11.3 Å². The molecule has 2 nitrogen and oxygen atoms in total. The highest BCUT2D eigenvalue weighted by atomic mass is 32.1. The number of carbonyl (C=O) groups excluding carboxylic acids is 1. The number of rotatable bonds is 1. The molecule has 0 saturated carbocycles. The maximum absolute atomic E-state index is 10.9. The Labute approximate surface area is 81.1 Å². The van der Waals surface area contributed by atoms with Gasteiger partial charge in [-0.2, -0.15) is 0 Å². The molecule has 1 amide bonds. The molecule has 1 aromatic heterocycles. The van der Waals surface area contributed by atoms with Crippen LogP contribution in [0.25, 0.3) is 6.08 Å². The van der Waals surface area contributed by atoms with Crippen molar-refractivity contribution < 1.29 is 4.79 Å². The van der Waals surface area contributed by atoms with Crippen molar-refractivity contribution in [3.05, 3.63) is 27.5 Å². The number of thiophene rings is 1. The normalized spacial score (nSPS) is 15.1. The molecular weight excluding hydrogens is 182 g/mol. The van der Waals surface area contributed by atoms with Crippen LogP contribution in [0.5, 0.6) is 0 Å². The molecule has 2 N–H and O–H groups in total. The number of carbonyl (C=O) groups is 1. The number of amides is 1. The van der Waals surface area contributed by atoms with E-state index in [0.717, 1.165) is 12.8 Å². The molecule has 0 radical (unpaired) electrons. The summed E-state index contributed by atoms with van der Waals surface area (Å²) in [6.07, 6.45) is 7.62. The highest BCUT2D eigenvalue weighted by Crippen LogP contribution is 2.27. The van der Waals surface area contributed by atoms with Gasteiger partial charge in [0.2, 0.25) is 0 Å². The Kier molecular flexibility index (Phi) is 2.19. The Morgan fingerprint density at radius 3 is 3.15 bits per heavy atom. The van der Waals surface area contributed by atoms with Crippen LogP contribution in [0.3, 0.4) is 0 Å². The lowest BCUT2D eigenvalue weighted by molar-refractivity contribution is 0.100. The van der Waals surface area contributed by atoms with E-state index in [-0.39, 0.29) is 5.91 Å². The van der Waals surface area contributed by atoms with Gasteiger partial charge in [0, 0.05) is 4.88 Å². The first-order valence-corrected chi connectivity index (χ1v) is 5.18. The molecule has 0 unspecified atom stereocenters. The van der Waals surface area contributed by atoms with Gasteiger partial charge in [-0.05, 0) is 30.9 Å². The Morgan fingerprint density at radius 2 is 2.38 bits per heavy atom. The second-order valence-electron chi connectivity index (χ2n) is 3.15. The van der Waals surface area contributed by atoms with Crippen molar-refractivity contribution in [1.82, 2.24) is 0 Å². The van der Waals surface area contributed by atoms with Gasteiger partial charge < -0.3 is 5.73 Å². The summed E-state index contributed by atoms with van der Waals surface area (Å²) in [6, 6.07) is 1.89. The van der Waals surface area contributed by atoms with Crippen molar-refractivity contribution in [3.63, 3.8) is 0 Å². The van der Waals surface area contributed by atoms with E-state index in [1.54, 1.807) is 0 Å². The second kappa shape index (κ2) is 3.34. The van der Waals surface area contributed by atoms with Crippen molar-refractivity contribution in [3.8, 4) is 0 Å². The standard InChI is InChI=1S/C10H11NOS/c11-10(12)9-6-7-4-2-1-3-5-8(7)13-9/h2,4,6H,1,3,5H2,(H2,11,12). The fraction of sp³-hybridized carbons (Fsp3) is 0.300. The minimum atomic E-state index is -0.313. The molecule has 1 heterocycles. The quantitative estimate of drug-likeness (QED) is 0.730. The molecule has 0 aromatic carbocycles. The average molecular weight is 193 g/mol. The minimum absolute atomic E-state index is 0.313. The summed E-state index contributed by atoms with van der Waals surface area (Å²) >= 11 is 1.53. The van der Waals surface area contributed by atoms with E-state index < -0.39 is 0 Å². The van der Waals surface area contributed by atoms with Gasteiger partial charge in [-0.25, -0.2) is 0 Å².